The number of imidazole rings is 2. The van der Waals surface area contributed by atoms with Crippen molar-refractivity contribution in [1.29, 1.82) is 0 Å². The van der Waals surface area contributed by atoms with Crippen molar-refractivity contribution in [3.63, 3.8) is 0 Å². The van der Waals surface area contributed by atoms with E-state index in [1.807, 2.05) is 30.5 Å². The monoisotopic (exact) mass is 408 g/mol. The van der Waals surface area contributed by atoms with Crippen molar-refractivity contribution in [1.82, 2.24) is 28.7 Å². The SMILES string of the molecule is Cc1ccc2c(-c3nc4cnccc4n3-c3ccc4c(c3)n(C)c(=O)n4C)c[nH]c2c1. The molecular weight excluding hydrogens is 388 g/mol. The van der Waals surface area contributed by atoms with Gasteiger partial charge >= 0.3 is 5.69 Å². The fraction of sp³-hybridized carbons (Fsp3) is 0.125. The minimum atomic E-state index is -0.0425. The Kier molecular flexibility index (Phi) is 3.53. The topological polar surface area (TPSA) is 73.4 Å². The van der Waals surface area contributed by atoms with Crippen molar-refractivity contribution in [3.8, 4) is 17.1 Å². The number of nitrogens with zero attached hydrogens (tertiary/aromatic N) is 5. The summed E-state index contributed by atoms with van der Waals surface area (Å²) in [7, 11) is 3.59. The number of aromatic amines is 1. The highest BCUT2D eigenvalue weighted by Crippen LogP contribution is 2.34. The fourth-order valence-electron chi connectivity index (χ4n) is 4.43. The molecule has 0 aliphatic carbocycles. The third-order valence-corrected chi connectivity index (χ3v) is 6.05. The Labute approximate surface area is 177 Å². The van der Waals surface area contributed by atoms with Crippen LogP contribution in [-0.2, 0) is 14.1 Å². The van der Waals surface area contributed by atoms with Gasteiger partial charge in [-0.25, -0.2) is 9.78 Å². The molecule has 6 rings (SSSR count). The predicted octanol–water partition coefficient (Wildman–Crippen LogP) is 4.07. The second-order valence-corrected chi connectivity index (χ2v) is 7.96. The van der Waals surface area contributed by atoms with Gasteiger partial charge in [0.05, 0.1) is 22.7 Å². The molecule has 1 N–H and O–H groups in total. The Bertz CT molecular complexity index is 1690. The van der Waals surface area contributed by atoms with Gasteiger partial charge in [0, 0.05) is 48.6 Å². The van der Waals surface area contributed by atoms with Gasteiger partial charge < -0.3 is 4.98 Å². The van der Waals surface area contributed by atoms with Gasteiger partial charge in [-0.2, -0.15) is 0 Å². The number of H-pyrrole nitrogens is 1. The summed E-state index contributed by atoms with van der Waals surface area (Å²) < 4.78 is 5.47. The van der Waals surface area contributed by atoms with Crippen molar-refractivity contribution in [3.05, 3.63) is 77.1 Å². The highest BCUT2D eigenvalue weighted by Gasteiger charge is 2.19. The van der Waals surface area contributed by atoms with E-state index in [1.165, 1.54) is 5.56 Å². The zero-order valence-electron chi connectivity index (χ0n) is 17.4. The average Bonchev–Trinajstić information content (AvgIpc) is 3.43. The summed E-state index contributed by atoms with van der Waals surface area (Å²) in [5.41, 5.74) is 7.76. The van der Waals surface area contributed by atoms with Crippen LogP contribution in [0.4, 0.5) is 0 Å². The van der Waals surface area contributed by atoms with Crippen LogP contribution in [0.25, 0.3) is 50.0 Å². The Morgan fingerprint density at radius 2 is 1.77 bits per heavy atom. The van der Waals surface area contributed by atoms with Gasteiger partial charge in [-0.15, -0.1) is 0 Å². The number of benzene rings is 2. The molecule has 0 spiro atoms. The summed E-state index contributed by atoms with van der Waals surface area (Å²) in [6.07, 6.45) is 5.57. The molecule has 7 nitrogen and oxygen atoms in total. The standard InChI is InChI=1S/C24H20N6O/c1-14-4-6-16-17(12-26-18(16)10-14)23-27-19-13-25-9-8-20(19)30(23)15-5-7-21-22(11-15)29(3)24(31)28(21)2/h4-13,26H,1-3H3. The largest absolute Gasteiger partial charge is 0.360 e. The summed E-state index contributed by atoms with van der Waals surface area (Å²) in [5, 5.41) is 1.11. The summed E-state index contributed by atoms with van der Waals surface area (Å²) in [5.74, 6) is 0.832. The number of fused-ring (bicyclic) bond motifs is 3. The predicted molar refractivity (Wildman–Crippen MR) is 123 cm³/mol. The van der Waals surface area contributed by atoms with Crippen LogP contribution in [0.5, 0.6) is 0 Å². The number of pyridine rings is 1. The lowest BCUT2D eigenvalue weighted by molar-refractivity contribution is 0.795. The van der Waals surface area contributed by atoms with E-state index in [4.69, 9.17) is 4.98 Å². The van der Waals surface area contributed by atoms with Crippen LogP contribution in [-0.4, -0.2) is 28.7 Å². The Balaban J connectivity index is 1.69. The van der Waals surface area contributed by atoms with E-state index < -0.39 is 0 Å². The Morgan fingerprint density at radius 3 is 2.65 bits per heavy atom. The maximum absolute atomic E-state index is 12.4. The molecule has 0 aliphatic rings. The van der Waals surface area contributed by atoms with E-state index >= 15 is 0 Å². The lowest BCUT2D eigenvalue weighted by Crippen LogP contribution is -2.19. The molecule has 0 amide bonds. The van der Waals surface area contributed by atoms with Gasteiger partial charge in [0.15, 0.2) is 0 Å². The van der Waals surface area contributed by atoms with Crippen molar-refractivity contribution in [2.75, 3.05) is 0 Å². The highest BCUT2D eigenvalue weighted by atomic mass is 16.1. The van der Waals surface area contributed by atoms with Crippen molar-refractivity contribution in [2.24, 2.45) is 14.1 Å². The van der Waals surface area contributed by atoms with Crippen molar-refractivity contribution in [2.45, 2.75) is 6.92 Å². The molecule has 4 heterocycles. The number of rotatable bonds is 2. The summed E-state index contributed by atoms with van der Waals surface area (Å²) in [4.78, 5) is 25.0. The summed E-state index contributed by atoms with van der Waals surface area (Å²) in [6.45, 7) is 2.08. The Morgan fingerprint density at radius 1 is 0.935 bits per heavy atom. The van der Waals surface area contributed by atoms with Crippen LogP contribution in [0.2, 0.25) is 0 Å². The molecule has 2 aromatic carbocycles. The molecule has 0 fully saturated rings. The van der Waals surface area contributed by atoms with E-state index in [-0.39, 0.29) is 5.69 Å². The van der Waals surface area contributed by atoms with Gasteiger partial charge in [0.2, 0.25) is 0 Å². The average molecular weight is 408 g/mol. The van der Waals surface area contributed by atoms with E-state index in [2.05, 4.69) is 39.7 Å². The third-order valence-electron chi connectivity index (χ3n) is 6.05. The normalized spacial score (nSPS) is 11.8. The first kappa shape index (κ1) is 17.7. The number of aromatic nitrogens is 6. The van der Waals surface area contributed by atoms with Gasteiger partial charge in [-0.3, -0.25) is 18.7 Å². The highest BCUT2D eigenvalue weighted by molar-refractivity contribution is 5.97. The minimum absolute atomic E-state index is 0.0425. The van der Waals surface area contributed by atoms with E-state index in [1.54, 1.807) is 35.6 Å². The maximum Gasteiger partial charge on any atom is 0.328 e. The summed E-state index contributed by atoms with van der Waals surface area (Å²) in [6, 6.07) is 14.4. The molecule has 0 bridgehead atoms. The second-order valence-electron chi connectivity index (χ2n) is 7.96. The number of aryl methyl sites for hydroxylation is 3. The molecule has 31 heavy (non-hydrogen) atoms. The number of nitrogens with one attached hydrogen (secondary N) is 1. The zero-order chi connectivity index (χ0) is 21.3. The lowest BCUT2D eigenvalue weighted by atomic mass is 10.1. The first-order chi connectivity index (χ1) is 15.0. The van der Waals surface area contributed by atoms with Gasteiger partial charge in [-0.1, -0.05) is 12.1 Å². The van der Waals surface area contributed by atoms with Crippen LogP contribution < -0.4 is 5.69 Å². The molecule has 7 heteroatoms. The molecule has 0 radical (unpaired) electrons. The molecule has 6 aromatic rings. The second kappa shape index (κ2) is 6.18. The number of hydrogen-bond acceptors (Lipinski definition) is 3. The summed E-state index contributed by atoms with van der Waals surface area (Å²) >= 11 is 0. The molecule has 0 unspecified atom stereocenters. The van der Waals surface area contributed by atoms with Crippen molar-refractivity contribution >= 4 is 33.0 Å². The third kappa shape index (κ3) is 2.43. The molecule has 4 aromatic heterocycles. The van der Waals surface area contributed by atoms with Gasteiger partial charge in [0.1, 0.15) is 11.3 Å². The fourth-order valence-corrected chi connectivity index (χ4v) is 4.43. The van der Waals surface area contributed by atoms with E-state index in [9.17, 15) is 4.79 Å². The molecule has 0 aliphatic heterocycles. The van der Waals surface area contributed by atoms with Crippen LogP contribution >= 0.6 is 0 Å². The lowest BCUT2D eigenvalue weighted by Gasteiger charge is -2.10. The van der Waals surface area contributed by atoms with Crippen LogP contribution in [0.1, 0.15) is 5.56 Å². The van der Waals surface area contributed by atoms with Crippen LogP contribution in [0.3, 0.4) is 0 Å². The minimum Gasteiger partial charge on any atom is -0.360 e. The maximum atomic E-state index is 12.4. The molecule has 0 saturated carbocycles. The zero-order valence-corrected chi connectivity index (χ0v) is 17.4. The van der Waals surface area contributed by atoms with Crippen LogP contribution in [0, 0.1) is 6.92 Å². The van der Waals surface area contributed by atoms with Gasteiger partial charge in [0.25, 0.3) is 0 Å². The Hall–Kier alpha value is -4.13. The molecule has 0 atom stereocenters. The van der Waals surface area contributed by atoms with Crippen LogP contribution in [0.15, 0.2) is 65.8 Å². The van der Waals surface area contributed by atoms with Gasteiger partial charge in [-0.05, 0) is 42.8 Å². The van der Waals surface area contributed by atoms with E-state index in [0.717, 1.165) is 50.0 Å². The first-order valence-electron chi connectivity index (χ1n) is 10.1. The number of hydrogen-bond donors (Lipinski definition) is 1. The molecular formula is C24H20N6O. The molecule has 152 valence electrons. The van der Waals surface area contributed by atoms with Crippen molar-refractivity contribution < 1.29 is 0 Å². The smallest absolute Gasteiger partial charge is 0.328 e. The van der Waals surface area contributed by atoms with E-state index in [0.29, 0.717) is 0 Å². The first-order valence-corrected chi connectivity index (χ1v) is 10.1. The molecule has 0 saturated heterocycles. The quantitative estimate of drug-likeness (QED) is 0.469.